The van der Waals surface area contributed by atoms with Crippen LogP contribution in [-0.2, 0) is 13.5 Å². The molecule has 0 aliphatic rings. The summed E-state index contributed by atoms with van der Waals surface area (Å²) in [4.78, 5) is 0. The highest BCUT2D eigenvalue weighted by Crippen LogP contribution is 2.20. The Kier molecular flexibility index (Phi) is 3.82. The number of benzene rings is 1. The largest absolute Gasteiger partial charge is 0.311 e. The van der Waals surface area contributed by atoms with Crippen molar-refractivity contribution >= 4 is 0 Å². The minimum absolute atomic E-state index is 0.303. The summed E-state index contributed by atoms with van der Waals surface area (Å²) in [6.07, 6.45) is 0.988. The molecule has 0 bridgehead atoms. The third kappa shape index (κ3) is 2.62. The highest BCUT2D eigenvalue weighted by Gasteiger charge is 2.15. The summed E-state index contributed by atoms with van der Waals surface area (Å²) in [5.74, 6) is 0. The van der Waals surface area contributed by atoms with Crippen molar-refractivity contribution in [2.24, 2.45) is 7.05 Å². The van der Waals surface area contributed by atoms with Crippen LogP contribution in [0.3, 0.4) is 0 Å². The molecule has 18 heavy (non-hydrogen) atoms. The molecule has 3 heteroatoms. The highest BCUT2D eigenvalue weighted by molar-refractivity contribution is 5.28. The van der Waals surface area contributed by atoms with Gasteiger partial charge in [0, 0.05) is 7.05 Å². The molecule has 2 aromatic rings. The first-order valence-corrected chi connectivity index (χ1v) is 6.34. The number of aromatic nitrogens is 2. The van der Waals surface area contributed by atoms with E-state index in [1.54, 1.807) is 0 Å². The third-order valence-electron chi connectivity index (χ3n) is 3.43. The van der Waals surface area contributed by atoms with Crippen LogP contribution in [0.25, 0.3) is 0 Å². The van der Waals surface area contributed by atoms with Gasteiger partial charge in [0.25, 0.3) is 0 Å². The maximum absolute atomic E-state index is 4.42. The first kappa shape index (κ1) is 12.8. The van der Waals surface area contributed by atoms with Gasteiger partial charge in [-0.2, -0.15) is 5.10 Å². The molecule has 0 aliphatic heterocycles. The maximum atomic E-state index is 4.42. The molecule has 0 amide bonds. The number of rotatable bonds is 4. The molecule has 96 valence electrons. The minimum Gasteiger partial charge on any atom is -0.311 e. The fourth-order valence-electron chi connectivity index (χ4n) is 2.37. The second-order valence-corrected chi connectivity index (χ2v) is 4.81. The molecule has 3 nitrogen and oxygen atoms in total. The molecular weight excluding hydrogens is 222 g/mol. The summed E-state index contributed by atoms with van der Waals surface area (Å²) in [5, 5.41) is 7.81. The predicted molar refractivity (Wildman–Crippen MR) is 74.6 cm³/mol. The Bertz CT molecular complexity index is 528. The van der Waals surface area contributed by atoms with Gasteiger partial charge in [0.05, 0.1) is 17.4 Å². The molecule has 0 saturated heterocycles. The zero-order valence-corrected chi connectivity index (χ0v) is 11.6. The van der Waals surface area contributed by atoms with Crippen LogP contribution in [0.4, 0.5) is 0 Å². The first-order valence-electron chi connectivity index (χ1n) is 6.34. The van der Waals surface area contributed by atoms with Crippen molar-refractivity contribution in [3.63, 3.8) is 0 Å². The van der Waals surface area contributed by atoms with Gasteiger partial charge >= 0.3 is 0 Å². The molecule has 0 aliphatic carbocycles. The van der Waals surface area contributed by atoms with Gasteiger partial charge in [0.15, 0.2) is 0 Å². The van der Waals surface area contributed by atoms with Gasteiger partial charge in [0.2, 0.25) is 0 Å². The molecule has 1 aromatic heterocycles. The molecule has 1 N–H and O–H groups in total. The fourth-order valence-corrected chi connectivity index (χ4v) is 2.37. The number of aryl methyl sites for hydroxylation is 3. The molecule has 0 fully saturated rings. The summed E-state index contributed by atoms with van der Waals surface area (Å²) >= 11 is 0. The maximum Gasteiger partial charge on any atom is 0.0597 e. The molecule has 0 radical (unpaired) electrons. The normalized spacial score (nSPS) is 12.7. The second-order valence-electron chi connectivity index (χ2n) is 4.81. The van der Waals surface area contributed by atoms with Gasteiger partial charge in [-0.05, 0) is 44.5 Å². The van der Waals surface area contributed by atoms with Crippen LogP contribution < -0.4 is 5.32 Å². The average molecular weight is 243 g/mol. The van der Waals surface area contributed by atoms with E-state index < -0.39 is 0 Å². The van der Waals surface area contributed by atoms with Crippen molar-refractivity contribution in [3.05, 3.63) is 52.8 Å². The van der Waals surface area contributed by atoms with E-state index >= 15 is 0 Å². The number of hydrogen-bond donors (Lipinski definition) is 1. The molecule has 1 atom stereocenters. The van der Waals surface area contributed by atoms with Crippen LogP contribution in [0.2, 0.25) is 0 Å². The van der Waals surface area contributed by atoms with Crippen molar-refractivity contribution < 1.29 is 0 Å². The number of nitrogens with one attached hydrogen (secondary N) is 1. The van der Waals surface area contributed by atoms with Gasteiger partial charge in [-0.3, -0.25) is 4.68 Å². The monoisotopic (exact) mass is 243 g/mol. The number of likely N-dealkylation sites (N-methyl/N-ethyl adjacent to an activating group) is 1. The second kappa shape index (κ2) is 5.36. The van der Waals surface area contributed by atoms with E-state index in [0.717, 1.165) is 12.1 Å². The van der Waals surface area contributed by atoms with E-state index in [0.29, 0.717) is 6.04 Å². The van der Waals surface area contributed by atoms with Gasteiger partial charge in [-0.25, -0.2) is 0 Å². The summed E-state index contributed by atoms with van der Waals surface area (Å²) in [6.45, 7) is 4.19. The molecule has 0 spiro atoms. The number of nitrogens with zero attached hydrogens (tertiary/aromatic N) is 2. The van der Waals surface area contributed by atoms with E-state index in [2.05, 4.69) is 47.7 Å². The van der Waals surface area contributed by atoms with Crippen molar-refractivity contribution in [2.45, 2.75) is 26.3 Å². The van der Waals surface area contributed by atoms with Crippen LogP contribution in [-0.4, -0.2) is 16.8 Å². The van der Waals surface area contributed by atoms with Crippen LogP contribution in [0.5, 0.6) is 0 Å². The van der Waals surface area contributed by atoms with Crippen molar-refractivity contribution in [2.75, 3.05) is 7.05 Å². The average Bonchev–Trinajstić information content (AvgIpc) is 2.67. The first-order chi connectivity index (χ1) is 8.61. The fraction of sp³-hybridized carbons (Fsp3) is 0.400. The predicted octanol–water partition coefficient (Wildman–Crippen LogP) is 2.54. The standard InChI is InChI=1S/C15H21N3/c1-11-7-5-6-8-13(11)10-14(16-3)15-9-12(2)17-18(15)4/h5-9,14,16H,10H2,1-4H3. The van der Waals surface area contributed by atoms with Crippen LogP contribution in [0, 0.1) is 13.8 Å². The topological polar surface area (TPSA) is 29.9 Å². The Hall–Kier alpha value is -1.61. The summed E-state index contributed by atoms with van der Waals surface area (Å²) in [6, 6.07) is 11.0. The lowest BCUT2D eigenvalue weighted by molar-refractivity contribution is 0.536. The smallest absolute Gasteiger partial charge is 0.0597 e. The summed E-state index contributed by atoms with van der Waals surface area (Å²) in [5.41, 5.74) is 5.03. The van der Waals surface area contributed by atoms with E-state index in [1.807, 2.05) is 25.7 Å². The van der Waals surface area contributed by atoms with Gasteiger partial charge in [-0.1, -0.05) is 24.3 Å². The molecule has 1 heterocycles. The van der Waals surface area contributed by atoms with Crippen molar-refractivity contribution in [3.8, 4) is 0 Å². The third-order valence-corrected chi connectivity index (χ3v) is 3.43. The molecular formula is C15H21N3. The molecule has 0 saturated carbocycles. The lowest BCUT2D eigenvalue weighted by Gasteiger charge is -2.17. The van der Waals surface area contributed by atoms with E-state index in [4.69, 9.17) is 0 Å². The zero-order valence-electron chi connectivity index (χ0n) is 11.6. The van der Waals surface area contributed by atoms with Crippen LogP contribution in [0.15, 0.2) is 30.3 Å². The van der Waals surface area contributed by atoms with Crippen molar-refractivity contribution in [1.29, 1.82) is 0 Å². The van der Waals surface area contributed by atoms with Gasteiger partial charge in [-0.15, -0.1) is 0 Å². The Morgan fingerprint density at radius 1 is 1.28 bits per heavy atom. The van der Waals surface area contributed by atoms with E-state index in [9.17, 15) is 0 Å². The summed E-state index contributed by atoms with van der Waals surface area (Å²) < 4.78 is 1.97. The minimum atomic E-state index is 0.303. The number of hydrogen-bond acceptors (Lipinski definition) is 2. The van der Waals surface area contributed by atoms with E-state index in [1.165, 1.54) is 16.8 Å². The SMILES string of the molecule is CNC(Cc1ccccc1C)c1cc(C)nn1C. The van der Waals surface area contributed by atoms with Crippen LogP contribution >= 0.6 is 0 Å². The van der Waals surface area contributed by atoms with E-state index in [-0.39, 0.29) is 0 Å². The van der Waals surface area contributed by atoms with Gasteiger partial charge < -0.3 is 5.32 Å². The lowest BCUT2D eigenvalue weighted by Crippen LogP contribution is -2.22. The Balaban J connectivity index is 2.25. The Labute approximate surface area is 109 Å². The van der Waals surface area contributed by atoms with Crippen molar-refractivity contribution in [1.82, 2.24) is 15.1 Å². The molecule has 1 unspecified atom stereocenters. The molecule has 1 aromatic carbocycles. The lowest BCUT2D eigenvalue weighted by atomic mass is 9.99. The van der Waals surface area contributed by atoms with Gasteiger partial charge in [0.1, 0.15) is 0 Å². The quantitative estimate of drug-likeness (QED) is 0.894. The van der Waals surface area contributed by atoms with Crippen LogP contribution in [0.1, 0.15) is 28.6 Å². The Morgan fingerprint density at radius 2 is 2.00 bits per heavy atom. The highest BCUT2D eigenvalue weighted by atomic mass is 15.3. The Morgan fingerprint density at radius 3 is 2.56 bits per heavy atom. The zero-order chi connectivity index (χ0) is 13.1. The molecule has 2 rings (SSSR count). The summed E-state index contributed by atoms with van der Waals surface area (Å²) in [7, 11) is 4.01.